The SMILES string of the molecule is CCOC(=O)C(CN1CCCC(CC)CC1)(NC)C1CC1. The Balaban J connectivity index is 2.02. The first-order chi connectivity index (χ1) is 10.2. The van der Waals surface area contributed by atoms with Crippen molar-refractivity contribution < 1.29 is 9.53 Å². The van der Waals surface area contributed by atoms with Crippen molar-refractivity contribution in [1.29, 1.82) is 0 Å². The van der Waals surface area contributed by atoms with E-state index in [1.54, 1.807) is 0 Å². The van der Waals surface area contributed by atoms with Gasteiger partial charge in [0.15, 0.2) is 0 Å². The zero-order chi connectivity index (χ0) is 15.3. The van der Waals surface area contributed by atoms with Crippen molar-refractivity contribution in [2.75, 3.05) is 33.3 Å². The van der Waals surface area contributed by atoms with Crippen molar-refractivity contribution in [1.82, 2.24) is 10.2 Å². The predicted molar refractivity (Wildman–Crippen MR) is 85.2 cm³/mol. The van der Waals surface area contributed by atoms with E-state index >= 15 is 0 Å². The summed E-state index contributed by atoms with van der Waals surface area (Å²) in [6, 6.07) is 0. The van der Waals surface area contributed by atoms with Gasteiger partial charge in [-0.05, 0) is 71.0 Å². The number of esters is 1. The lowest BCUT2D eigenvalue weighted by molar-refractivity contribution is -0.153. The van der Waals surface area contributed by atoms with Gasteiger partial charge in [-0.1, -0.05) is 13.3 Å². The van der Waals surface area contributed by atoms with E-state index in [0.29, 0.717) is 12.5 Å². The minimum Gasteiger partial charge on any atom is -0.465 e. The standard InChI is InChI=1S/C17H32N2O2/c1-4-14-7-6-11-19(12-10-14)13-17(18-3,15-8-9-15)16(20)21-5-2/h14-15,18H,4-13H2,1-3H3. The van der Waals surface area contributed by atoms with Crippen LogP contribution in [0.5, 0.6) is 0 Å². The Morgan fingerprint density at radius 2 is 2.00 bits per heavy atom. The van der Waals surface area contributed by atoms with Gasteiger partial charge in [-0.2, -0.15) is 0 Å². The summed E-state index contributed by atoms with van der Waals surface area (Å²) in [4.78, 5) is 15.0. The smallest absolute Gasteiger partial charge is 0.327 e. The lowest BCUT2D eigenvalue weighted by Crippen LogP contribution is -2.60. The molecular weight excluding hydrogens is 264 g/mol. The van der Waals surface area contributed by atoms with Crippen molar-refractivity contribution in [3.05, 3.63) is 0 Å². The Labute approximate surface area is 129 Å². The summed E-state index contributed by atoms with van der Waals surface area (Å²) in [5.74, 6) is 1.26. The monoisotopic (exact) mass is 296 g/mol. The fourth-order valence-electron chi connectivity index (χ4n) is 3.73. The van der Waals surface area contributed by atoms with Crippen LogP contribution in [0.4, 0.5) is 0 Å². The molecule has 1 aliphatic carbocycles. The summed E-state index contributed by atoms with van der Waals surface area (Å²) < 4.78 is 5.39. The summed E-state index contributed by atoms with van der Waals surface area (Å²) in [7, 11) is 1.92. The number of likely N-dealkylation sites (N-methyl/N-ethyl adjacent to an activating group) is 1. The first-order valence-electron chi connectivity index (χ1n) is 8.74. The molecule has 0 aromatic rings. The van der Waals surface area contributed by atoms with Crippen LogP contribution in [0.1, 0.15) is 52.4 Å². The van der Waals surface area contributed by atoms with Gasteiger partial charge in [0, 0.05) is 6.54 Å². The molecule has 2 atom stereocenters. The van der Waals surface area contributed by atoms with Gasteiger partial charge < -0.3 is 15.0 Å². The molecule has 4 nitrogen and oxygen atoms in total. The minimum absolute atomic E-state index is 0.0497. The number of carbonyl (C=O) groups excluding carboxylic acids is 1. The topological polar surface area (TPSA) is 41.6 Å². The quantitative estimate of drug-likeness (QED) is 0.733. The van der Waals surface area contributed by atoms with Crippen molar-refractivity contribution in [3.8, 4) is 0 Å². The molecule has 1 saturated carbocycles. The molecule has 0 radical (unpaired) electrons. The Kier molecular flexibility index (Phi) is 6.06. The number of hydrogen-bond acceptors (Lipinski definition) is 4. The molecule has 0 bridgehead atoms. The molecule has 0 aromatic carbocycles. The van der Waals surface area contributed by atoms with Gasteiger partial charge in [-0.25, -0.2) is 4.79 Å². The molecule has 4 heteroatoms. The third-order valence-corrected chi connectivity index (χ3v) is 5.35. The number of ether oxygens (including phenoxy) is 1. The number of rotatable bonds is 7. The maximum atomic E-state index is 12.5. The van der Waals surface area contributed by atoms with Gasteiger partial charge in [0.05, 0.1) is 6.61 Å². The first-order valence-corrected chi connectivity index (χ1v) is 8.74. The Bertz CT molecular complexity index is 344. The number of hydrogen-bond donors (Lipinski definition) is 1. The molecule has 1 saturated heterocycles. The average molecular weight is 296 g/mol. The fraction of sp³-hybridized carbons (Fsp3) is 0.941. The summed E-state index contributed by atoms with van der Waals surface area (Å²) in [6.07, 6.45) is 7.43. The van der Waals surface area contributed by atoms with Gasteiger partial charge >= 0.3 is 5.97 Å². The van der Waals surface area contributed by atoms with Crippen LogP contribution in [0.2, 0.25) is 0 Å². The van der Waals surface area contributed by atoms with Gasteiger partial charge in [0.25, 0.3) is 0 Å². The van der Waals surface area contributed by atoms with E-state index in [2.05, 4.69) is 17.1 Å². The zero-order valence-corrected chi connectivity index (χ0v) is 14.0. The second-order valence-corrected chi connectivity index (χ2v) is 6.70. The van der Waals surface area contributed by atoms with E-state index in [1.165, 1.54) is 25.7 Å². The van der Waals surface area contributed by atoms with Crippen LogP contribution in [0.25, 0.3) is 0 Å². The number of likely N-dealkylation sites (tertiary alicyclic amines) is 1. The summed E-state index contributed by atoms with van der Waals surface area (Å²) in [6.45, 7) is 7.69. The molecule has 1 N–H and O–H groups in total. The maximum Gasteiger partial charge on any atom is 0.327 e. The van der Waals surface area contributed by atoms with Crippen LogP contribution < -0.4 is 5.32 Å². The van der Waals surface area contributed by atoms with Crippen molar-refractivity contribution >= 4 is 5.97 Å². The normalized spacial score (nSPS) is 26.9. The lowest BCUT2D eigenvalue weighted by atomic mass is 9.92. The maximum absolute atomic E-state index is 12.5. The molecule has 2 fully saturated rings. The average Bonchev–Trinajstić information content (AvgIpc) is 3.32. The van der Waals surface area contributed by atoms with Crippen LogP contribution >= 0.6 is 0 Å². The highest BCUT2D eigenvalue weighted by Crippen LogP contribution is 2.41. The highest BCUT2D eigenvalue weighted by atomic mass is 16.5. The third-order valence-electron chi connectivity index (χ3n) is 5.35. The highest BCUT2D eigenvalue weighted by Gasteiger charge is 2.51. The second-order valence-electron chi connectivity index (χ2n) is 6.70. The summed E-state index contributed by atoms with van der Waals surface area (Å²) in [5.41, 5.74) is -0.484. The molecule has 1 heterocycles. The van der Waals surface area contributed by atoms with E-state index in [0.717, 1.165) is 38.4 Å². The predicted octanol–water partition coefficient (Wildman–Crippen LogP) is 2.43. The molecule has 21 heavy (non-hydrogen) atoms. The highest BCUT2D eigenvalue weighted by molar-refractivity contribution is 5.82. The van der Waals surface area contributed by atoms with Gasteiger partial charge in [0.2, 0.25) is 0 Å². The van der Waals surface area contributed by atoms with E-state index in [9.17, 15) is 4.79 Å². The van der Waals surface area contributed by atoms with Crippen LogP contribution in [0.3, 0.4) is 0 Å². The van der Waals surface area contributed by atoms with Crippen LogP contribution in [-0.4, -0.2) is 49.7 Å². The van der Waals surface area contributed by atoms with Crippen LogP contribution in [0, 0.1) is 11.8 Å². The zero-order valence-electron chi connectivity index (χ0n) is 14.0. The minimum atomic E-state index is -0.484. The molecule has 122 valence electrons. The molecule has 2 unspecified atom stereocenters. The number of nitrogens with one attached hydrogen (secondary N) is 1. The van der Waals surface area contributed by atoms with Crippen molar-refractivity contribution in [2.24, 2.45) is 11.8 Å². The summed E-state index contributed by atoms with van der Waals surface area (Å²) >= 11 is 0. The molecular formula is C17H32N2O2. The molecule has 2 aliphatic rings. The Hall–Kier alpha value is -0.610. The van der Waals surface area contributed by atoms with Crippen LogP contribution in [-0.2, 0) is 9.53 Å². The molecule has 0 spiro atoms. The van der Waals surface area contributed by atoms with Gasteiger partial charge in [0.1, 0.15) is 5.54 Å². The Morgan fingerprint density at radius 1 is 1.24 bits per heavy atom. The van der Waals surface area contributed by atoms with E-state index < -0.39 is 5.54 Å². The van der Waals surface area contributed by atoms with E-state index in [4.69, 9.17) is 4.74 Å². The summed E-state index contributed by atoms with van der Waals surface area (Å²) in [5, 5.41) is 3.34. The molecule has 0 aromatic heterocycles. The van der Waals surface area contributed by atoms with Gasteiger partial charge in [-0.15, -0.1) is 0 Å². The fourth-order valence-corrected chi connectivity index (χ4v) is 3.73. The van der Waals surface area contributed by atoms with Gasteiger partial charge in [-0.3, -0.25) is 0 Å². The Morgan fingerprint density at radius 3 is 2.57 bits per heavy atom. The number of carbonyl (C=O) groups is 1. The number of nitrogens with zero attached hydrogens (tertiary/aromatic N) is 1. The molecule has 2 rings (SSSR count). The largest absolute Gasteiger partial charge is 0.465 e. The second kappa shape index (κ2) is 7.59. The van der Waals surface area contributed by atoms with E-state index in [-0.39, 0.29) is 5.97 Å². The molecule has 0 amide bonds. The van der Waals surface area contributed by atoms with Crippen molar-refractivity contribution in [3.63, 3.8) is 0 Å². The molecule has 1 aliphatic heterocycles. The van der Waals surface area contributed by atoms with Crippen LogP contribution in [0.15, 0.2) is 0 Å². The van der Waals surface area contributed by atoms with Crippen molar-refractivity contribution in [2.45, 2.75) is 57.9 Å². The first kappa shape index (κ1) is 16.8. The lowest BCUT2D eigenvalue weighted by Gasteiger charge is -2.36. The third kappa shape index (κ3) is 3.98. The van der Waals surface area contributed by atoms with E-state index in [1.807, 2.05) is 14.0 Å².